The molecule has 20 heavy (non-hydrogen) atoms. The van der Waals surface area contributed by atoms with E-state index < -0.39 is 18.1 Å². The van der Waals surface area contributed by atoms with Crippen LogP contribution in [-0.2, 0) is 9.59 Å². The van der Waals surface area contributed by atoms with Crippen molar-refractivity contribution in [2.75, 3.05) is 6.54 Å². The number of hydrogen-bond acceptors (Lipinski definition) is 3. The number of hydrogen-bond donors (Lipinski definition) is 2. The molecule has 114 valence electrons. The molecule has 1 aliphatic carbocycles. The third-order valence-electron chi connectivity index (χ3n) is 4.89. The molecule has 1 heterocycles. The van der Waals surface area contributed by atoms with Crippen LogP contribution in [0.3, 0.4) is 0 Å². The van der Waals surface area contributed by atoms with Crippen LogP contribution in [0.4, 0.5) is 0 Å². The summed E-state index contributed by atoms with van der Waals surface area (Å²) in [5.74, 6) is -0.741. The molecule has 1 saturated heterocycles. The molecule has 0 unspecified atom stereocenters. The SMILES string of the molecule is CC(C)(C)C[C@H](N)C(=O)N1C[C@H]2[C@@H]([C@H]1C(=O)O)C2(C)C. The second-order valence-corrected chi connectivity index (χ2v) is 8.10. The topological polar surface area (TPSA) is 83.6 Å². The first kappa shape index (κ1) is 15.3. The highest BCUT2D eigenvalue weighted by molar-refractivity contribution is 5.88. The van der Waals surface area contributed by atoms with Crippen LogP contribution in [0.1, 0.15) is 41.0 Å². The van der Waals surface area contributed by atoms with Crippen LogP contribution < -0.4 is 5.73 Å². The number of carbonyl (C=O) groups is 2. The number of piperidine rings is 1. The number of amides is 1. The zero-order chi connectivity index (χ0) is 15.5. The lowest BCUT2D eigenvalue weighted by Gasteiger charge is -2.32. The minimum absolute atomic E-state index is 0.0357. The van der Waals surface area contributed by atoms with E-state index in [1.165, 1.54) is 4.90 Å². The van der Waals surface area contributed by atoms with E-state index in [0.717, 1.165) is 0 Å². The quantitative estimate of drug-likeness (QED) is 0.817. The molecule has 0 bridgehead atoms. The van der Waals surface area contributed by atoms with Crippen LogP contribution in [0.2, 0.25) is 0 Å². The van der Waals surface area contributed by atoms with Crippen molar-refractivity contribution in [2.45, 2.75) is 53.1 Å². The minimum atomic E-state index is -0.903. The summed E-state index contributed by atoms with van der Waals surface area (Å²) in [6.07, 6.45) is 0.563. The second kappa shape index (κ2) is 4.45. The van der Waals surface area contributed by atoms with Gasteiger partial charge in [0.25, 0.3) is 0 Å². The van der Waals surface area contributed by atoms with E-state index in [-0.39, 0.29) is 22.7 Å². The summed E-state index contributed by atoms with van der Waals surface area (Å²) < 4.78 is 0. The Morgan fingerprint density at radius 1 is 1.40 bits per heavy atom. The molecule has 0 radical (unpaired) electrons. The van der Waals surface area contributed by atoms with Gasteiger partial charge in [-0.05, 0) is 23.2 Å². The van der Waals surface area contributed by atoms with Crippen molar-refractivity contribution in [3.8, 4) is 0 Å². The molecule has 0 aromatic heterocycles. The summed E-state index contributed by atoms with van der Waals surface area (Å²) in [7, 11) is 0. The standard InChI is InChI=1S/C15H26N2O3/c1-14(2,3)6-9(16)12(18)17-7-8-10(15(8,4)5)11(17)13(19)20/h8-11H,6-7,16H2,1-5H3,(H,19,20)/t8-,9-,10-,11-/m0/s1. The van der Waals surface area contributed by atoms with Crippen molar-refractivity contribution in [3.63, 3.8) is 0 Å². The van der Waals surface area contributed by atoms with Crippen molar-refractivity contribution in [2.24, 2.45) is 28.4 Å². The van der Waals surface area contributed by atoms with Gasteiger partial charge in [-0.2, -0.15) is 0 Å². The lowest BCUT2D eigenvalue weighted by molar-refractivity contribution is -0.151. The van der Waals surface area contributed by atoms with Crippen molar-refractivity contribution >= 4 is 11.9 Å². The minimum Gasteiger partial charge on any atom is -0.480 e. The first-order valence-corrected chi connectivity index (χ1v) is 7.25. The van der Waals surface area contributed by atoms with Gasteiger partial charge in [0.15, 0.2) is 0 Å². The summed E-state index contributed by atoms with van der Waals surface area (Å²) in [5.41, 5.74) is 5.98. The molecular weight excluding hydrogens is 256 g/mol. The number of carboxylic acid groups (broad SMARTS) is 1. The lowest BCUT2D eigenvalue weighted by Crippen LogP contribution is -2.52. The average Bonchev–Trinajstić information content (AvgIpc) is 2.68. The number of likely N-dealkylation sites (tertiary alicyclic amines) is 1. The monoisotopic (exact) mass is 282 g/mol. The zero-order valence-electron chi connectivity index (χ0n) is 13.0. The number of carbonyl (C=O) groups excluding carboxylic acids is 1. The van der Waals surface area contributed by atoms with Gasteiger partial charge in [-0.25, -0.2) is 4.79 Å². The van der Waals surface area contributed by atoms with Crippen LogP contribution in [0.25, 0.3) is 0 Å². The van der Waals surface area contributed by atoms with E-state index in [1.807, 2.05) is 20.8 Å². The van der Waals surface area contributed by atoms with Crippen molar-refractivity contribution in [1.82, 2.24) is 4.90 Å². The molecule has 4 atom stereocenters. The summed E-state index contributed by atoms with van der Waals surface area (Å²) in [6, 6.07) is -1.31. The van der Waals surface area contributed by atoms with Gasteiger partial charge in [0.05, 0.1) is 6.04 Å². The Labute approximate surface area is 120 Å². The molecule has 1 amide bonds. The zero-order valence-corrected chi connectivity index (χ0v) is 13.0. The molecule has 2 aliphatic rings. The number of aliphatic carboxylic acids is 1. The fraction of sp³-hybridized carbons (Fsp3) is 0.867. The number of fused-ring (bicyclic) bond motifs is 1. The van der Waals surface area contributed by atoms with E-state index in [2.05, 4.69) is 13.8 Å². The Balaban J connectivity index is 2.10. The van der Waals surface area contributed by atoms with Crippen LogP contribution in [0, 0.1) is 22.7 Å². The van der Waals surface area contributed by atoms with Crippen LogP contribution in [0.15, 0.2) is 0 Å². The molecule has 0 aromatic carbocycles. The third-order valence-corrected chi connectivity index (χ3v) is 4.89. The fourth-order valence-corrected chi connectivity index (χ4v) is 3.76. The maximum atomic E-state index is 12.5. The van der Waals surface area contributed by atoms with Crippen LogP contribution in [0.5, 0.6) is 0 Å². The third kappa shape index (κ3) is 2.43. The molecule has 2 fully saturated rings. The fourth-order valence-electron chi connectivity index (χ4n) is 3.76. The molecule has 5 nitrogen and oxygen atoms in total. The Morgan fingerprint density at radius 2 is 1.95 bits per heavy atom. The Bertz CT molecular complexity index is 439. The number of nitrogens with zero attached hydrogens (tertiary/aromatic N) is 1. The molecule has 5 heteroatoms. The van der Waals surface area contributed by atoms with Gasteiger partial charge in [-0.1, -0.05) is 34.6 Å². The Morgan fingerprint density at radius 3 is 2.40 bits per heavy atom. The summed E-state index contributed by atoms with van der Waals surface area (Å²) in [6.45, 7) is 10.8. The van der Waals surface area contributed by atoms with Gasteiger partial charge in [-0.3, -0.25) is 4.79 Å². The Kier molecular flexibility index (Phi) is 3.40. The number of carboxylic acids is 1. The molecule has 1 aliphatic heterocycles. The smallest absolute Gasteiger partial charge is 0.326 e. The predicted octanol–water partition coefficient (Wildman–Crippen LogP) is 1.32. The normalized spacial score (nSPS) is 32.7. The van der Waals surface area contributed by atoms with Crippen molar-refractivity contribution in [3.05, 3.63) is 0 Å². The van der Waals surface area contributed by atoms with Crippen LogP contribution in [-0.4, -0.2) is 40.5 Å². The number of nitrogens with two attached hydrogens (primary N) is 1. The molecular formula is C15H26N2O3. The van der Waals surface area contributed by atoms with E-state index in [9.17, 15) is 14.7 Å². The summed E-state index contributed by atoms with van der Waals surface area (Å²) in [5, 5.41) is 9.44. The Hall–Kier alpha value is -1.10. The van der Waals surface area contributed by atoms with Gasteiger partial charge >= 0.3 is 5.97 Å². The van der Waals surface area contributed by atoms with Crippen molar-refractivity contribution in [1.29, 1.82) is 0 Å². The van der Waals surface area contributed by atoms with Crippen molar-refractivity contribution < 1.29 is 14.7 Å². The first-order valence-electron chi connectivity index (χ1n) is 7.25. The summed E-state index contributed by atoms with van der Waals surface area (Å²) >= 11 is 0. The maximum Gasteiger partial charge on any atom is 0.326 e. The predicted molar refractivity (Wildman–Crippen MR) is 75.9 cm³/mol. The molecule has 1 saturated carbocycles. The lowest BCUT2D eigenvalue weighted by atomic mass is 9.87. The molecule has 3 N–H and O–H groups in total. The highest BCUT2D eigenvalue weighted by atomic mass is 16.4. The first-order chi connectivity index (χ1) is 8.97. The van der Waals surface area contributed by atoms with Gasteiger partial charge < -0.3 is 15.7 Å². The molecule has 0 spiro atoms. The highest BCUT2D eigenvalue weighted by Gasteiger charge is 2.69. The average molecular weight is 282 g/mol. The highest BCUT2D eigenvalue weighted by Crippen LogP contribution is 2.64. The molecule has 2 rings (SSSR count). The van der Waals surface area contributed by atoms with Gasteiger partial charge in [0, 0.05) is 12.5 Å². The molecule has 0 aromatic rings. The second-order valence-electron chi connectivity index (χ2n) is 8.10. The van der Waals surface area contributed by atoms with Crippen LogP contribution >= 0.6 is 0 Å². The van der Waals surface area contributed by atoms with E-state index in [1.54, 1.807) is 0 Å². The number of rotatable bonds is 3. The largest absolute Gasteiger partial charge is 0.480 e. The van der Waals surface area contributed by atoms with Gasteiger partial charge in [0.1, 0.15) is 6.04 Å². The summed E-state index contributed by atoms with van der Waals surface area (Å²) in [4.78, 5) is 25.5. The van der Waals surface area contributed by atoms with Gasteiger partial charge in [0.2, 0.25) is 5.91 Å². The van der Waals surface area contributed by atoms with E-state index >= 15 is 0 Å². The van der Waals surface area contributed by atoms with Gasteiger partial charge in [-0.15, -0.1) is 0 Å². The van der Waals surface area contributed by atoms with E-state index in [0.29, 0.717) is 18.9 Å². The maximum absolute atomic E-state index is 12.5. The van der Waals surface area contributed by atoms with E-state index in [4.69, 9.17) is 5.73 Å².